The molecule has 0 saturated carbocycles. The highest BCUT2D eigenvalue weighted by Crippen LogP contribution is 2.30. The minimum atomic E-state index is -0.498. The van der Waals surface area contributed by atoms with E-state index in [2.05, 4.69) is 10.3 Å². The Morgan fingerprint density at radius 2 is 2.00 bits per heavy atom. The molecule has 1 aromatic rings. The molecule has 2 aliphatic rings. The predicted molar refractivity (Wildman–Crippen MR) is 91.4 cm³/mol. The van der Waals surface area contributed by atoms with E-state index in [4.69, 9.17) is 11.6 Å². The summed E-state index contributed by atoms with van der Waals surface area (Å²) in [6.07, 6.45) is -0.474. The van der Waals surface area contributed by atoms with Crippen LogP contribution in [-0.2, 0) is 11.3 Å². The zero-order valence-electron chi connectivity index (χ0n) is 12.8. The third-order valence-electron chi connectivity index (χ3n) is 3.86. The Morgan fingerprint density at radius 1 is 1.30 bits per heavy atom. The first-order valence-electron chi connectivity index (χ1n) is 7.30. The molecule has 2 atom stereocenters. The molecule has 2 unspecified atom stereocenters. The zero-order valence-corrected chi connectivity index (χ0v) is 14.4. The van der Waals surface area contributed by atoms with Gasteiger partial charge in [0.1, 0.15) is 0 Å². The van der Waals surface area contributed by atoms with Crippen molar-refractivity contribution in [1.82, 2.24) is 15.1 Å². The summed E-state index contributed by atoms with van der Waals surface area (Å²) in [7, 11) is 1.66. The molecule has 0 aromatic heterocycles. The Hall–Kier alpha value is -1.73. The number of thioether (sulfide) groups is 1. The molecule has 122 valence electrons. The topological polar surface area (TPSA) is 65.0 Å². The number of nitrogens with one attached hydrogen (secondary N) is 1. The number of amidine groups is 1. The van der Waals surface area contributed by atoms with Crippen molar-refractivity contribution in [3.8, 4) is 0 Å². The van der Waals surface area contributed by atoms with Crippen molar-refractivity contribution in [1.29, 1.82) is 0 Å². The highest BCUT2D eigenvalue weighted by molar-refractivity contribution is 8.13. The van der Waals surface area contributed by atoms with Gasteiger partial charge in [-0.25, -0.2) is 9.79 Å². The van der Waals surface area contributed by atoms with E-state index in [1.807, 2.05) is 36.1 Å². The summed E-state index contributed by atoms with van der Waals surface area (Å²) in [5.41, 5.74) is 1.03. The van der Waals surface area contributed by atoms with Gasteiger partial charge in [-0.3, -0.25) is 10.1 Å². The average Bonchev–Trinajstić information content (AvgIpc) is 2.87. The van der Waals surface area contributed by atoms with Crippen LogP contribution in [0.5, 0.6) is 0 Å². The van der Waals surface area contributed by atoms with Crippen molar-refractivity contribution < 1.29 is 9.59 Å². The molecular formula is C15H17ClN4O2S. The van der Waals surface area contributed by atoms with Gasteiger partial charge in [-0.15, -0.1) is 0 Å². The summed E-state index contributed by atoms with van der Waals surface area (Å²) in [6.45, 7) is 2.57. The number of amides is 3. The average molecular weight is 353 g/mol. The maximum absolute atomic E-state index is 12.3. The molecule has 2 aliphatic heterocycles. The number of aliphatic imine (C=N–C) groups is 1. The van der Waals surface area contributed by atoms with Crippen molar-refractivity contribution in [2.45, 2.75) is 25.7 Å². The Labute approximate surface area is 143 Å². The smallest absolute Gasteiger partial charge is 0.325 e. The molecule has 6 nitrogen and oxygen atoms in total. The predicted octanol–water partition coefficient (Wildman–Crippen LogP) is 2.14. The molecule has 2 heterocycles. The van der Waals surface area contributed by atoms with Crippen molar-refractivity contribution in [2.75, 3.05) is 12.8 Å². The molecule has 0 bridgehead atoms. The second-order valence-electron chi connectivity index (χ2n) is 5.36. The van der Waals surface area contributed by atoms with Crippen molar-refractivity contribution in [3.05, 3.63) is 34.9 Å². The third kappa shape index (κ3) is 3.03. The van der Waals surface area contributed by atoms with Crippen molar-refractivity contribution in [2.24, 2.45) is 4.99 Å². The van der Waals surface area contributed by atoms with Crippen LogP contribution in [0.1, 0.15) is 12.5 Å². The molecule has 0 spiro atoms. The van der Waals surface area contributed by atoms with Crippen LogP contribution >= 0.6 is 23.4 Å². The lowest BCUT2D eigenvalue weighted by Crippen LogP contribution is -2.63. The van der Waals surface area contributed by atoms with Gasteiger partial charge in [0.2, 0.25) is 0 Å². The number of likely N-dealkylation sites (N-methyl/N-ethyl adjacent to an activating group) is 1. The fourth-order valence-corrected chi connectivity index (χ4v) is 3.61. The number of fused-ring (bicyclic) bond motifs is 1. The standard InChI is InChI=1S/C15H17ClN4O2S/c1-3-23-15-17-12-11(13(21)18-14(22)19(12)2)20(15)8-9-4-6-10(16)7-5-9/h4-7,11-12H,3,8H2,1-2H3,(H,18,21,22). The molecule has 1 aromatic carbocycles. The van der Waals surface area contributed by atoms with E-state index in [-0.39, 0.29) is 5.91 Å². The molecule has 1 fully saturated rings. The second kappa shape index (κ2) is 6.41. The Kier molecular flexibility index (Phi) is 4.50. The highest BCUT2D eigenvalue weighted by atomic mass is 35.5. The zero-order chi connectivity index (χ0) is 16.6. The number of rotatable bonds is 3. The summed E-state index contributed by atoms with van der Waals surface area (Å²) in [4.78, 5) is 32.2. The SMILES string of the molecule is CCSC1=NC2C(C(=O)NC(=O)N2C)N1Cc1ccc(Cl)cc1. The summed E-state index contributed by atoms with van der Waals surface area (Å²) in [5.74, 6) is 0.539. The molecule has 1 saturated heterocycles. The summed E-state index contributed by atoms with van der Waals surface area (Å²) >= 11 is 7.50. The molecule has 23 heavy (non-hydrogen) atoms. The molecule has 3 amide bonds. The number of hydrogen-bond acceptors (Lipinski definition) is 5. The highest BCUT2D eigenvalue weighted by Gasteiger charge is 2.48. The molecule has 8 heteroatoms. The summed E-state index contributed by atoms with van der Waals surface area (Å²) < 4.78 is 0. The van der Waals surface area contributed by atoms with Gasteiger partial charge in [0.15, 0.2) is 17.4 Å². The Balaban J connectivity index is 1.89. The minimum absolute atomic E-state index is 0.303. The van der Waals surface area contributed by atoms with Gasteiger partial charge in [0.25, 0.3) is 5.91 Å². The maximum Gasteiger partial charge on any atom is 0.325 e. The van der Waals surface area contributed by atoms with E-state index in [1.54, 1.807) is 18.8 Å². The van der Waals surface area contributed by atoms with E-state index in [9.17, 15) is 9.59 Å². The number of nitrogens with zero attached hydrogens (tertiary/aromatic N) is 3. The molecule has 3 rings (SSSR count). The van der Waals surface area contributed by atoms with E-state index in [0.29, 0.717) is 11.6 Å². The molecule has 0 radical (unpaired) electrons. The van der Waals surface area contributed by atoms with Crippen LogP contribution in [0.4, 0.5) is 4.79 Å². The van der Waals surface area contributed by atoms with Gasteiger partial charge in [0.05, 0.1) is 0 Å². The van der Waals surface area contributed by atoms with Gasteiger partial charge >= 0.3 is 6.03 Å². The fourth-order valence-electron chi connectivity index (χ4n) is 2.70. The fraction of sp³-hybridized carbons (Fsp3) is 0.400. The Morgan fingerprint density at radius 3 is 2.65 bits per heavy atom. The second-order valence-corrected chi connectivity index (χ2v) is 7.03. The number of benzene rings is 1. The third-order valence-corrected chi connectivity index (χ3v) is 5.00. The summed E-state index contributed by atoms with van der Waals surface area (Å²) in [6, 6.07) is 6.60. The van der Waals surface area contributed by atoms with Crippen LogP contribution in [-0.4, -0.2) is 51.9 Å². The molecular weight excluding hydrogens is 336 g/mol. The molecule has 1 N–H and O–H groups in total. The van der Waals surface area contributed by atoms with Crippen LogP contribution < -0.4 is 5.32 Å². The lowest BCUT2D eigenvalue weighted by molar-refractivity contribution is -0.127. The Bertz CT molecular complexity index is 664. The monoisotopic (exact) mass is 352 g/mol. The first-order valence-corrected chi connectivity index (χ1v) is 8.67. The number of carbonyl (C=O) groups is 2. The van der Waals surface area contributed by atoms with Gasteiger partial charge in [0, 0.05) is 18.6 Å². The largest absolute Gasteiger partial charge is 0.331 e. The molecule has 0 aliphatic carbocycles. The minimum Gasteiger partial charge on any atom is -0.331 e. The van der Waals surface area contributed by atoms with E-state index >= 15 is 0 Å². The maximum atomic E-state index is 12.3. The van der Waals surface area contributed by atoms with Crippen LogP contribution in [0, 0.1) is 0 Å². The van der Waals surface area contributed by atoms with Gasteiger partial charge in [-0.05, 0) is 23.4 Å². The van der Waals surface area contributed by atoms with E-state index < -0.39 is 18.2 Å². The lowest BCUT2D eigenvalue weighted by atomic mass is 10.1. The number of hydrogen-bond donors (Lipinski definition) is 1. The van der Waals surface area contributed by atoms with Gasteiger partial charge < -0.3 is 9.80 Å². The van der Waals surface area contributed by atoms with E-state index in [0.717, 1.165) is 16.5 Å². The summed E-state index contributed by atoms with van der Waals surface area (Å²) in [5, 5.41) is 3.85. The first-order chi connectivity index (χ1) is 11.0. The lowest BCUT2D eigenvalue weighted by Gasteiger charge is -2.36. The normalized spacial score (nSPS) is 23.7. The van der Waals surface area contributed by atoms with E-state index in [1.165, 1.54) is 4.90 Å². The van der Waals surface area contributed by atoms with Crippen molar-refractivity contribution in [3.63, 3.8) is 0 Å². The number of carbonyl (C=O) groups excluding carboxylic acids is 2. The van der Waals surface area contributed by atoms with Crippen LogP contribution in [0.15, 0.2) is 29.3 Å². The number of urea groups is 1. The van der Waals surface area contributed by atoms with Crippen molar-refractivity contribution >= 4 is 40.5 Å². The van der Waals surface area contributed by atoms with Crippen LogP contribution in [0.25, 0.3) is 0 Å². The quantitative estimate of drug-likeness (QED) is 0.905. The first kappa shape index (κ1) is 16.1. The van der Waals surface area contributed by atoms with Crippen LogP contribution in [0.3, 0.4) is 0 Å². The van der Waals surface area contributed by atoms with Gasteiger partial charge in [-0.2, -0.15) is 0 Å². The number of halogens is 1. The number of imide groups is 1. The van der Waals surface area contributed by atoms with Gasteiger partial charge in [-0.1, -0.05) is 42.4 Å². The van der Waals surface area contributed by atoms with Crippen LogP contribution in [0.2, 0.25) is 5.02 Å².